The van der Waals surface area contributed by atoms with E-state index in [-0.39, 0.29) is 30.7 Å². The molecule has 0 radical (unpaired) electrons. The van der Waals surface area contributed by atoms with E-state index in [9.17, 15) is 14.4 Å². The fourth-order valence-electron chi connectivity index (χ4n) is 4.02. The smallest absolute Gasteiger partial charge is 0.291 e. The van der Waals surface area contributed by atoms with Crippen molar-refractivity contribution in [2.24, 2.45) is 0 Å². The molecule has 2 N–H and O–H groups in total. The van der Waals surface area contributed by atoms with Crippen LogP contribution < -0.4 is 15.5 Å². The number of nitrogens with zero attached hydrogens (tertiary/aromatic N) is 1. The van der Waals surface area contributed by atoms with E-state index in [1.54, 1.807) is 55.6 Å². The number of nitrogens with one attached hydrogen (secondary N) is 2. The third-order valence-electron chi connectivity index (χ3n) is 5.60. The minimum Gasteiger partial charge on any atom is -0.451 e. The van der Waals surface area contributed by atoms with Crippen LogP contribution in [0.2, 0.25) is 0 Å². The Morgan fingerprint density at radius 2 is 1.76 bits per heavy atom. The number of ether oxygens (including phenoxy) is 1. The molecule has 1 aliphatic heterocycles. The van der Waals surface area contributed by atoms with Crippen molar-refractivity contribution in [1.29, 1.82) is 0 Å². The number of para-hydroxylation sites is 3. The van der Waals surface area contributed by atoms with Crippen molar-refractivity contribution >= 4 is 45.8 Å². The Labute approximate surface area is 195 Å². The highest BCUT2D eigenvalue weighted by atomic mass is 16.5. The molecule has 0 bridgehead atoms. The lowest BCUT2D eigenvalue weighted by Crippen LogP contribution is -2.42. The van der Waals surface area contributed by atoms with Crippen molar-refractivity contribution < 1.29 is 23.5 Å². The van der Waals surface area contributed by atoms with E-state index in [1.807, 2.05) is 24.3 Å². The number of carbonyl (C=O) groups excluding carboxylic acids is 3. The van der Waals surface area contributed by atoms with Crippen LogP contribution >= 0.6 is 0 Å². The highest BCUT2D eigenvalue weighted by Crippen LogP contribution is 2.31. The summed E-state index contributed by atoms with van der Waals surface area (Å²) >= 11 is 0. The van der Waals surface area contributed by atoms with Gasteiger partial charge in [-0.05, 0) is 42.5 Å². The van der Waals surface area contributed by atoms with E-state index in [2.05, 4.69) is 10.6 Å². The first-order valence-corrected chi connectivity index (χ1v) is 10.7. The second kappa shape index (κ2) is 8.84. The molecule has 0 unspecified atom stereocenters. The summed E-state index contributed by atoms with van der Waals surface area (Å²) < 4.78 is 11.0. The van der Waals surface area contributed by atoms with E-state index in [4.69, 9.17) is 9.15 Å². The molecule has 2 heterocycles. The van der Waals surface area contributed by atoms with Gasteiger partial charge in [-0.25, -0.2) is 0 Å². The lowest BCUT2D eigenvalue weighted by Gasteiger charge is -2.29. The van der Waals surface area contributed by atoms with Crippen LogP contribution in [0.15, 0.2) is 77.2 Å². The average Bonchev–Trinajstić information content (AvgIpc) is 3.22. The molecular weight excluding hydrogens is 434 g/mol. The zero-order valence-corrected chi connectivity index (χ0v) is 18.3. The third-order valence-corrected chi connectivity index (χ3v) is 5.60. The van der Waals surface area contributed by atoms with Gasteiger partial charge in [-0.3, -0.25) is 19.3 Å². The van der Waals surface area contributed by atoms with Crippen molar-refractivity contribution in [2.75, 3.05) is 29.2 Å². The van der Waals surface area contributed by atoms with Gasteiger partial charge in [0.05, 0.1) is 18.0 Å². The average molecular weight is 455 g/mol. The number of anilines is 3. The number of hydrogen-bond donors (Lipinski definition) is 2. The Bertz CT molecular complexity index is 1410. The molecule has 34 heavy (non-hydrogen) atoms. The van der Waals surface area contributed by atoms with Gasteiger partial charge in [0.1, 0.15) is 12.1 Å². The summed E-state index contributed by atoms with van der Waals surface area (Å²) in [5, 5.41) is 6.40. The number of furan rings is 1. The van der Waals surface area contributed by atoms with Crippen LogP contribution in [0.3, 0.4) is 0 Å². The molecule has 170 valence electrons. The zero-order chi connectivity index (χ0) is 23.7. The number of amides is 3. The molecular formula is C26H21N3O5. The molecule has 1 aromatic heterocycles. The summed E-state index contributed by atoms with van der Waals surface area (Å²) in [6, 6.07) is 21.0. The Kier molecular flexibility index (Phi) is 5.57. The Hall–Kier alpha value is -4.43. The van der Waals surface area contributed by atoms with Crippen LogP contribution in [0, 0.1) is 0 Å². The predicted octanol–water partition coefficient (Wildman–Crippen LogP) is 4.43. The SMILES string of the molecule is COCc1c(C(=O)Nc2ccc(C(=O)N3CC(=O)Nc4ccccc43)cc2)oc2ccccc12. The summed E-state index contributed by atoms with van der Waals surface area (Å²) in [7, 11) is 1.56. The lowest BCUT2D eigenvalue weighted by molar-refractivity contribution is -0.115. The Balaban J connectivity index is 1.36. The molecule has 0 fully saturated rings. The van der Waals surface area contributed by atoms with E-state index < -0.39 is 5.91 Å². The maximum Gasteiger partial charge on any atom is 0.291 e. The summed E-state index contributed by atoms with van der Waals surface area (Å²) in [6.45, 7) is 0.167. The van der Waals surface area contributed by atoms with Crippen LogP contribution in [0.5, 0.6) is 0 Å². The number of carbonyl (C=O) groups is 3. The molecule has 0 atom stereocenters. The van der Waals surface area contributed by atoms with Crippen molar-refractivity contribution in [3.05, 3.63) is 89.7 Å². The molecule has 8 heteroatoms. The second-order valence-electron chi connectivity index (χ2n) is 7.83. The maximum atomic E-state index is 13.1. The van der Waals surface area contributed by atoms with E-state index in [0.29, 0.717) is 33.8 Å². The first-order valence-electron chi connectivity index (χ1n) is 10.7. The van der Waals surface area contributed by atoms with Crippen molar-refractivity contribution in [3.8, 4) is 0 Å². The summed E-state index contributed by atoms with van der Waals surface area (Å²) in [5.41, 5.74) is 3.40. The van der Waals surface area contributed by atoms with E-state index in [0.717, 1.165) is 5.39 Å². The van der Waals surface area contributed by atoms with Gasteiger partial charge in [-0.2, -0.15) is 0 Å². The molecule has 5 rings (SSSR count). The van der Waals surface area contributed by atoms with Gasteiger partial charge >= 0.3 is 0 Å². The second-order valence-corrected chi connectivity index (χ2v) is 7.83. The van der Waals surface area contributed by atoms with Crippen molar-refractivity contribution in [1.82, 2.24) is 0 Å². The number of fused-ring (bicyclic) bond motifs is 2. The first-order chi connectivity index (χ1) is 16.5. The van der Waals surface area contributed by atoms with Crippen LogP contribution in [0.4, 0.5) is 17.1 Å². The molecule has 3 amide bonds. The normalized spacial score (nSPS) is 12.9. The van der Waals surface area contributed by atoms with Gasteiger partial charge in [-0.15, -0.1) is 0 Å². The fourth-order valence-corrected chi connectivity index (χ4v) is 4.02. The number of hydrogen-bond acceptors (Lipinski definition) is 5. The Morgan fingerprint density at radius 3 is 2.56 bits per heavy atom. The number of rotatable bonds is 5. The molecule has 0 saturated carbocycles. The van der Waals surface area contributed by atoms with Gasteiger partial charge in [0.2, 0.25) is 5.91 Å². The molecule has 0 aliphatic carbocycles. The molecule has 0 saturated heterocycles. The zero-order valence-electron chi connectivity index (χ0n) is 18.3. The van der Waals surface area contributed by atoms with Crippen LogP contribution in [-0.4, -0.2) is 31.4 Å². The monoisotopic (exact) mass is 455 g/mol. The lowest BCUT2D eigenvalue weighted by atomic mass is 10.1. The Morgan fingerprint density at radius 1 is 1.03 bits per heavy atom. The van der Waals surface area contributed by atoms with Gasteiger partial charge in [-0.1, -0.05) is 30.3 Å². The van der Waals surface area contributed by atoms with E-state index >= 15 is 0 Å². The number of benzene rings is 3. The molecule has 0 spiro atoms. The predicted molar refractivity (Wildman–Crippen MR) is 128 cm³/mol. The van der Waals surface area contributed by atoms with Crippen molar-refractivity contribution in [3.63, 3.8) is 0 Å². The summed E-state index contributed by atoms with van der Waals surface area (Å²) in [5.74, 6) is -0.795. The van der Waals surface area contributed by atoms with Gasteiger partial charge in [0.25, 0.3) is 11.8 Å². The van der Waals surface area contributed by atoms with E-state index in [1.165, 1.54) is 4.90 Å². The standard InChI is InChI=1S/C26H21N3O5/c1-33-15-19-18-6-2-5-9-22(18)34-24(19)25(31)27-17-12-10-16(11-13-17)26(32)29-14-23(30)28-20-7-3-4-8-21(20)29/h2-13H,14-15H2,1H3,(H,27,31)(H,28,30). The summed E-state index contributed by atoms with van der Waals surface area (Å²) in [6.07, 6.45) is 0. The van der Waals surface area contributed by atoms with Crippen LogP contribution in [0.25, 0.3) is 11.0 Å². The minimum absolute atomic E-state index is 0.0668. The van der Waals surface area contributed by atoms with Gasteiger partial charge < -0.3 is 19.8 Å². The molecule has 3 aromatic carbocycles. The van der Waals surface area contributed by atoms with Gasteiger partial charge in [0, 0.05) is 29.3 Å². The van der Waals surface area contributed by atoms with Gasteiger partial charge in [0.15, 0.2) is 5.76 Å². The van der Waals surface area contributed by atoms with Crippen molar-refractivity contribution in [2.45, 2.75) is 6.61 Å². The first kappa shape index (κ1) is 21.4. The van der Waals surface area contributed by atoms with Crippen LogP contribution in [0.1, 0.15) is 26.5 Å². The molecule has 8 nitrogen and oxygen atoms in total. The summed E-state index contributed by atoms with van der Waals surface area (Å²) in [4.78, 5) is 39.5. The quantitative estimate of drug-likeness (QED) is 0.464. The number of methoxy groups -OCH3 is 1. The highest BCUT2D eigenvalue weighted by molar-refractivity contribution is 6.15. The topological polar surface area (TPSA) is 101 Å². The maximum absolute atomic E-state index is 13.1. The third kappa shape index (κ3) is 3.91. The fraction of sp³-hybridized carbons (Fsp3) is 0.115. The molecule has 4 aromatic rings. The minimum atomic E-state index is -0.413. The van der Waals surface area contributed by atoms with Crippen LogP contribution in [-0.2, 0) is 16.1 Å². The molecule has 1 aliphatic rings. The highest BCUT2D eigenvalue weighted by Gasteiger charge is 2.27. The largest absolute Gasteiger partial charge is 0.451 e.